The van der Waals surface area contributed by atoms with E-state index >= 15 is 0 Å². The van der Waals surface area contributed by atoms with Crippen LogP contribution in [0.1, 0.15) is 40.1 Å². The summed E-state index contributed by atoms with van der Waals surface area (Å²) in [7, 11) is 1.55. The van der Waals surface area contributed by atoms with Gasteiger partial charge in [-0.05, 0) is 36.6 Å². The van der Waals surface area contributed by atoms with E-state index in [9.17, 15) is 14.9 Å². The van der Waals surface area contributed by atoms with Crippen molar-refractivity contribution in [1.29, 1.82) is 5.26 Å². The molecule has 5 aromatic rings. The van der Waals surface area contributed by atoms with Crippen molar-refractivity contribution in [1.82, 2.24) is 4.57 Å². The summed E-state index contributed by atoms with van der Waals surface area (Å²) in [6.45, 7) is 2.07. The third-order valence-electron chi connectivity index (χ3n) is 7.21. The summed E-state index contributed by atoms with van der Waals surface area (Å²) in [5.74, 6) is 0.401. The van der Waals surface area contributed by atoms with Gasteiger partial charge >= 0.3 is 5.97 Å². The Morgan fingerprint density at radius 3 is 2.58 bits per heavy atom. The second-order valence-corrected chi connectivity index (χ2v) is 11.9. The van der Waals surface area contributed by atoms with E-state index in [2.05, 4.69) is 6.07 Å². The lowest BCUT2D eigenvalue weighted by molar-refractivity contribution is -0.138. The molecule has 0 aliphatic carbocycles. The van der Waals surface area contributed by atoms with Crippen LogP contribution in [-0.4, -0.2) is 24.3 Å². The maximum atomic E-state index is 14.2. The van der Waals surface area contributed by atoms with E-state index in [-0.39, 0.29) is 18.8 Å². The van der Waals surface area contributed by atoms with E-state index in [1.807, 2.05) is 72.1 Å². The highest BCUT2D eigenvalue weighted by molar-refractivity contribution is 7.10. The van der Waals surface area contributed by atoms with Gasteiger partial charge in [0.2, 0.25) is 0 Å². The van der Waals surface area contributed by atoms with Crippen molar-refractivity contribution >= 4 is 40.4 Å². The van der Waals surface area contributed by atoms with Gasteiger partial charge in [0.15, 0.2) is 16.3 Å². The van der Waals surface area contributed by atoms with Crippen molar-refractivity contribution in [3.05, 3.63) is 143 Å². The summed E-state index contributed by atoms with van der Waals surface area (Å²) in [5.41, 5.74) is 3.10. The number of esters is 1. The SMILES string of the molecule is CCOC(=O)C1=C(c2ccccc2)N=c2s/c(=C\c3cccc(OC)c3OCc3ccccc3C#N)c(=O)n2[C@H]1c1cccs1. The van der Waals surface area contributed by atoms with Crippen LogP contribution in [0.15, 0.2) is 106 Å². The average molecular weight is 634 g/mol. The summed E-state index contributed by atoms with van der Waals surface area (Å²) in [5, 5.41) is 11.4. The number of hydrogen-bond acceptors (Lipinski definition) is 9. The zero-order valence-corrected chi connectivity index (χ0v) is 26.1. The van der Waals surface area contributed by atoms with Crippen LogP contribution in [0.5, 0.6) is 11.5 Å². The number of carbonyl (C=O) groups is 1. The Labute approximate surface area is 267 Å². The molecule has 0 bridgehead atoms. The van der Waals surface area contributed by atoms with Crippen LogP contribution in [0, 0.1) is 11.3 Å². The fourth-order valence-corrected chi connectivity index (χ4v) is 6.98. The Morgan fingerprint density at radius 2 is 1.84 bits per heavy atom. The summed E-state index contributed by atoms with van der Waals surface area (Å²) in [4.78, 5) is 33.9. The Bertz CT molecular complexity index is 2120. The minimum absolute atomic E-state index is 0.133. The molecule has 3 aromatic carbocycles. The lowest BCUT2D eigenvalue weighted by Crippen LogP contribution is -2.39. The van der Waals surface area contributed by atoms with Gasteiger partial charge in [0, 0.05) is 21.6 Å². The van der Waals surface area contributed by atoms with Gasteiger partial charge in [-0.3, -0.25) is 9.36 Å². The number of fused-ring (bicyclic) bond motifs is 1. The minimum atomic E-state index is -0.721. The number of ether oxygens (including phenoxy) is 3. The molecular weight excluding hydrogens is 607 g/mol. The van der Waals surface area contributed by atoms with Crippen molar-refractivity contribution in [2.24, 2.45) is 4.99 Å². The molecule has 8 nitrogen and oxygen atoms in total. The highest BCUT2D eigenvalue weighted by atomic mass is 32.1. The first-order chi connectivity index (χ1) is 22.0. The number of aromatic nitrogens is 1. The number of methoxy groups -OCH3 is 1. The van der Waals surface area contributed by atoms with Gasteiger partial charge in [0.25, 0.3) is 5.56 Å². The molecule has 2 aromatic heterocycles. The Hall–Kier alpha value is -5.24. The quantitative estimate of drug-likeness (QED) is 0.200. The fourth-order valence-electron chi connectivity index (χ4n) is 5.16. The van der Waals surface area contributed by atoms with Gasteiger partial charge in [-0.15, -0.1) is 11.3 Å². The van der Waals surface area contributed by atoms with E-state index < -0.39 is 12.0 Å². The largest absolute Gasteiger partial charge is 0.493 e. The smallest absolute Gasteiger partial charge is 0.338 e. The van der Waals surface area contributed by atoms with E-state index in [1.54, 1.807) is 42.9 Å². The minimum Gasteiger partial charge on any atom is -0.493 e. The molecule has 224 valence electrons. The third-order valence-corrected chi connectivity index (χ3v) is 9.12. The number of rotatable bonds is 9. The molecule has 0 fully saturated rings. The molecule has 0 spiro atoms. The monoisotopic (exact) mass is 633 g/mol. The molecule has 45 heavy (non-hydrogen) atoms. The Balaban J connectivity index is 1.53. The van der Waals surface area contributed by atoms with E-state index in [0.717, 1.165) is 16.0 Å². The van der Waals surface area contributed by atoms with Crippen LogP contribution in [0.2, 0.25) is 0 Å². The highest BCUT2D eigenvalue weighted by Gasteiger charge is 2.35. The number of thiazole rings is 1. The van der Waals surface area contributed by atoms with Crippen LogP contribution in [0.4, 0.5) is 0 Å². The van der Waals surface area contributed by atoms with Gasteiger partial charge < -0.3 is 14.2 Å². The standard InChI is InChI=1S/C35H27N3O5S2/c1-3-42-34(40)29-30(22-11-5-4-6-12-22)37-35-38(31(29)27-17-10-18-44-27)33(39)28(45-35)19-23-15-9-16-26(41-2)32(23)43-21-25-14-8-7-13-24(25)20-36/h4-19,31H,3,21H2,1-2H3/b28-19-/t31-/m0/s1. The van der Waals surface area contributed by atoms with Gasteiger partial charge in [-0.1, -0.05) is 78.1 Å². The molecule has 0 unspecified atom stereocenters. The summed E-state index contributed by atoms with van der Waals surface area (Å²) in [6.07, 6.45) is 1.75. The number of nitrogens with zero attached hydrogens (tertiary/aromatic N) is 3. The first kappa shape index (κ1) is 29.8. The molecular formula is C35H27N3O5S2. The van der Waals surface area contributed by atoms with Crippen LogP contribution < -0.4 is 24.4 Å². The Morgan fingerprint density at radius 1 is 1.04 bits per heavy atom. The summed E-state index contributed by atoms with van der Waals surface area (Å²) < 4.78 is 19.3. The number of nitriles is 1. The van der Waals surface area contributed by atoms with Crippen molar-refractivity contribution in [2.45, 2.75) is 19.6 Å². The van der Waals surface area contributed by atoms with Crippen LogP contribution in [0.25, 0.3) is 11.8 Å². The fraction of sp³-hybridized carbons (Fsp3) is 0.143. The van der Waals surface area contributed by atoms with Gasteiger partial charge in [0.05, 0.1) is 41.2 Å². The molecule has 3 heterocycles. The summed E-state index contributed by atoms with van der Waals surface area (Å²) >= 11 is 2.69. The van der Waals surface area contributed by atoms with Gasteiger partial charge in [-0.25, -0.2) is 9.79 Å². The first-order valence-corrected chi connectivity index (χ1v) is 15.8. The van der Waals surface area contributed by atoms with Crippen LogP contribution in [0.3, 0.4) is 0 Å². The maximum Gasteiger partial charge on any atom is 0.338 e. The first-order valence-electron chi connectivity index (χ1n) is 14.1. The predicted octanol–water partition coefficient (Wildman–Crippen LogP) is 5.46. The maximum absolute atomic E-state index is 14.2. The Kier molecular flexibility index (Phi) is 8.73. The topological polar surface area (TPSA) is 103 Å². The van der Waals surface area contributed by atoms with Crippen molar-refractivity contribution < 1.29 is 19.0 Å². The van der Waals surface area contributed by atoms with E-state index in [4.69, 9.17) is 19.2 Å². The van der Waals surface area contributed by atoms with Crippen molar-refractivity contribution in [3.63, 3.8) is 0 Å². The van der Waals surface area contributed by atoms with Crippen molar-refractivity contribution in [2.75, 3.05) is 13.7 Å². The molecule has 0 radical (unpaired) electrons. The van der Waals surface area contributed by atoms with E-state index in [1.165, 1.54) is 22.7 Å². The molecule has 10 heteroatoms. The van der Waals surface area contributed by atoms with Gasteiger partial charge in [-0.2, -0.15) is 5.26 Å². The average Bonchev–Trinajstić information content (AvgIpc) is 3.72. The molecule has 0 saturated carbocycles. The van der Waals surface area contributed by atoms with E-state index in [0.29, 0.717) is 43.2 Å². The number of thiophene rings is 1. The molecule has 0 N–H and O–H groups in total. The zero-order valence-electron chi connectivity index (χ0n) is 24.4. The molecule has 6 rings (SSSR count). The van der Waals surface area contributed by atoms with Crippen LogP contribution in [-0.2, 0) is 16.1 Å². The number of benzene rings is 3. The molecule has 0 amide bonds. The van der Waals surface area contributed by atoms with Gasteiger partial charge in [0.1, 0.15) is 12.6 Å². The van der Waals surface area contributed by atoms with Crippen LogP contribution >= 0.6 is 22.7 Å². The zero-order chi connectivity index (χ0) is 31.3. The lowest BCUT2D eigenvalue weighted by atomic mass is 9.97. The number of para-hydroxylation sites is 1. The molecule has 1 aliphatic rings. The van der Waals surface area contributed by atoms with Crippen molar-refractivity contribution in [3.8, 4) is 17.6 Å². The number of carbonyl (C=O) groups excluding carboxylic acids is 1. The number of hydrogen-bond donors (Lipinski definition) is 0. The lowest BCUT2D eigenvalue weighted by Gasteiger charge is -2.24. The molecule has 1 aliphatic heterocycles. The molecule has 1 atom stereocenters. The predicted molar refractivity (Wildman–Crippen MR) is 174 cm³/mol. The molecule has 0 saturated heterocycles. The second kappa shape index (κ2) is 13.2. The third kappa shape index (κ3) is 5.83. The highest BCUT2D eigenvalue weighted by Crippen LogP contribution is 2.37. The normalized spacial score (nSPS) is 14.3. The second-order valence-electron chi connectivity index (χ2n) is 9.88. The summed E-state index contributed by atoms with van der Waals surface area (Å²) in [6, 6.07) is 27.4.